The molecular formula is C32H41N3O2S2. The van der Waals surface area contributed by atoms with Crippen LogP contribution in [0.4, 0.5) is 0 Å². The summed E-state index contributed by atoms with van der Waals surface area (Å²) in [6.45, 7) is 5.10. The van der Waals surface area contributed by atoms with Crippen molar-refractivity contribution in [3.05, 3.63) is 41.5 Å². The first-order chi connectivity index (χ1) is 18.8. The lowest BCUT2D eigenvalue weighted by atomic mass is 9.47. The summed E-state index contributed by atoms with van der Waals surface area (Å²) in [6.07, 6.45) is 14.7. The van der Waals surface area contributed by atoms with Crippen LogP contribution in [0, 0.1) is 34.5 Å². The van der Waals surface area contributed by atoms with Crippen LogP contribution in [0.15, 0.2) is 50.9 Å². The molecule has 1 unspecified atom stereocenters. The topological polar surface area (TPSA) is 65.3 Å². The Morgan fingerprint density at radius 2 is 1.87 bits per heavy atom. The maximum Gasteiger partial charge on any atom is 0.258 e. The number of benzene rings is 1. The number of fused-ring (bicyclic) bond motifs is 5. The Morgan fingerprint density at radius 1 is 1.05 bits per heavy atom. The number of allylic oxidation sites excluding steroid dienone is 1. The zero-order valence-electron chi connectivity index (χ0n) is 23.4. The average molecular weight is 564 g/mol. The zero-order valence-corrected chi connectivity index (χ0v) is 25.1. The van der Waals surface area contributed by atoms with Gasteiger partial charge in [-0.15, -0.1) is 11.8 Å². The van der Waals surface area contributed by atoms with Crippen molar-refractivity contribution < 1.29 is 9.90 Å². The third-order valence-electron chi connectivity index (χ3n) is 11.7. The predicted molar refractivity (Wildman–Crippen MR) is 161 cm³/mol. The van der Waals surface area contributed by atoms with Gasteiger partial charge in [-0.05, 0) is 104 Å². The van der Waals surface area contributed by atoms with E-state index in [2.05, 4.69) is 60.4 Å². The van der Waals surface area contributed by atoms with Crippen molar-refractivity contribution in [2.75, 3.05) is 12.0 Å². The van der Waals surface area contributed by atoms with Crippen LogP contribution >= 0.6 is 23.5 Å². The number of aliphatic imine (C=N–C) groups is 1. The summed E-state index contributed by atoms with van der Waals surface area (Å²) in [5.74, 6) is 3.11. The Labute approximate surface area is 241 Å². The van der Waals surface area contributed by atoms with Crippen LogP contribution in [-0.4, -0.2) is 45.0 Å². The van der Waals surface area contributed by atoms with E-state index >= 15 is 0 Å². The molecule has 2 aliphatic heterocycles. The van der Waals surface area contributed by atoms with Gasteiger partial charge >= 0.3 is 0 Å². The SMILES string of the molecule is CSc1ccc(C2CC([C@H]3CC[C@H]4[C@@H]5CC=C6C[C@@H](O)CC[C@]6(C)[C@H]5CC[C@]34C)=NN2C2=NC(=O)CS2)cc1. The van der Waals surface area contributed by atoms with Crippen LogP contribution in [0.25, 0.3) is 0 Å². The quantitative estimate of drug-likeness (QED) is 0.314. The number of hydrazone groups is 1. The molecular weight excluding hydrogens is 523 g/mol. The largest absolute Gasteiger partial charge is 0.393 e. The highest BCUT2D eigenvalue weighted by Gasteiger charge is 2.60. The lowest BCUT2D eigenvalue weighted by Crippen LogP contribution is -2.51. The van der Waals surface area contributed by atoms with Crippen molar-refractivity contribution in [2.24, 2.45) is 44.6 Å². The van der Waals surface area contributed by atoms with Gasteiger partial charge in [-0.2, -0.15) is 10.1 Å². The maximum atomic E-state index is 12.1. The first-order valence-corrected chi connectivity index (χ1v) is 17.1. The molecule has 0 aromatic heterocycles. The fourth-order valence-corrected chi connectivity index (χ4v) is 10.8. The van der Waals surface area contributed by atoms with E-state index in [4.69, 9.17) is 5.10 Å². The molecule has 1 aromatic rings. The Kier molecular flexibility index (Phi) is 6.59. The minimum absolute atomic E-state index is 0.0465. The lowest BCUT2D eigenvalue weighted by Gasteiger charge is -2.58. The molecule has 0 saturated heterocycles. The highest BCUT2D eigenvalue weighted by atomic mass is 32.2. The number of carbonyl (C=O) groups excluding carboxylic acids is 1. The standard InChI is InChI=1S/C32H41N3O2S2/c1-31-14-12-21(36)16-20(31)6-9-23-24-10-11-26(32(24,2)15-13-25(23)31)27-17-28(19-4-7-22(38-3)8-5-19)35(34-27)30-33-29(37)18-39-30/h4-8,21,23-26,28,36H,9-18H2,1-3H3/t21-,23-,24-,25-,26+,28?,31-,32-/m0/s1. The molecule has 4 aliphatic carbocycles. The van der Waals surface area contributed by atoms with Crippen molar-refractivity contribution in [2.45, 2.75) is 88.7 Å². The van der Waals surface area contributed by atoms with Gasteiger partial charge in [-0.3, -0.25) is 4.79 Å². The zero-order chi connectivity index (χ0) is 26.9. The third kappa shape index (κ3) is 4.20. The van der Waals surface area contributed by atoms with Crippen LogP contribution in [-0.2, 0) is 4.79 Å². The van der Waals surface area contributed by atoms with E-state index in [-0.39, 0.29) is 28.9 Å². The number of aliphatic hydroxyl groups excluding tert-OH is 1. The van der Waals surface area contributed by atoms with E-state index in [1.54, 1.807) is 17.3 Å². The summed E-state index contributed by atoms with van der Waals surface area (Å²) < 4.78 is 0. The van der Waals surface area contributed by atoms with Crippen molar-refractivity contribution in [3.8, 4) is 0 Å². The molecule has 6 aliphatic rings. The maximum absolute atomic E-state index is 12.1. The first-order valence-electron chi connectivity index (χ1n) is 14.9. The van der Waals surface area contributed by atoms with Crippen LogP contribution in [0.3, 0.4) is 0 Å². The highest BCUT2D eigenvalue weighted by molar-refractivity contribution is 8.14. The number of aliphatic hydroxyl groups is 1. The number of hydrogen-bond donors (Lipinski definition) is 1. The third-order valence-corrected chi connectivity index (χ3v) is 13.3. The van der Waals surface area contributed by atoms with E-state index in [9.17, 15) is 9.90 Å². The molecule has 1 aromatic carbocycles. The van der Waals surface area contributed by atoms with Crippen LogP contribution in [0.2, 0.25) is 0 Å². The Hall–Kier alpha value is -1.57. The molecule has 2 heterocycles. The number of thioether (sulfide) groups is 2. The summed E-state index contributed by atoms with van der Waals surface area (Å²) in [5.41, 5.74) is 4.70. The fourth-order valence-electron chi connectivity index (χ4n) is 9.61. The van der Waals surface area contributed by atoms with Gasteiger partial charge in [-0.1, -0.05) is 49.4 Å². The Bertz CT molecular complexity index is 1260. The molecule has 39 heavy (non-hydrogen) atoms. The monoisotopic (exact) mass is 563 g/mol. The summed E-state index contributed by atoms with van der Waals surface area (Å²) in [5, 5.41) is 18.5. The number of hydrogen-bond acceptors (Lipinski definition) is 6. The molecule has 0 radical (unpaired) electrons. The van der Waals surface area contributed by atoms with Gasteiger partial charge in [0, 0.05) is 22.9 Å². The number of carbonyl (C=O) groups is 1. The normalized spacial score (nSPS) is 41.5. The fraction of sp³-hybridized carbons (Fsp3) is 0.656. The van der Waals surface area contributed by atoms with Gasteiger partial charge in [-0.25, -0.2) is 5.01 Å². The summed E-state index contributed by atoms with van der Waals surface area (Å²) in [7, 11) is 0. The molecule has 5 nitrogen and oxygen atoms in total. The van der Waals surface area contributed by atoms with Gasteiger partial charge < -0.3 is 5.11 Å². The highest BCUT2D eigenvalue weighted by Crippen LogP contribution is 2.67. The minimum atomic E-state index is -0.142. The van der Waals surface area contributed by atoms with Crippen LogP contribution in [0.5, 0.6) is 0 Å². The minimum Gasteiger partial charge on any atom is -0.393 e. The number of amides is 1. The number of amidine groups is 1. The molecule has 0 spiro atoms. The number of rotatable bonds is 3. The molecule has 7 heteroatoms. The second-order valence-electron chi connectivity index (χ2n) is 13.3. The number of nitrogens with zero attached hydrogens (tertiary/aromatic N) is 3. The van der Waals surface area contributed by atoms with Crippen molar-refractivity contribution in [1.82, 2.24) is 5.01 Å². The molecule has 3 fully saturated rings. The van der Waals surface area contributed by atoms with Crippen molar-refractivity contribution in [3.63, 3.8) is 0 Å². The van der Waals surface area contributed by atoms with E-state index in [0.29, 0.717) is 11.7 Å². The Balaban J connectivity index is 1.18. The lowest BCUT2D eigenvalue weighted by molar-refractivity contribution is -0.115. The molecule has 208 valence electrons. The van der Waals surface area contributed by atoms with E-state index in [1.807, 2.05) is 0 Å². The van der Waals surface area contributed by atoms with Gasteiger partial charge in [0.1, 0.15) is 0 Å². The predicted octanol–water partition coefficient (Wildman–Crippen LogP) is 7.08. The first kappa shape index (κ1) is 26.3. The van der Waals surface area contributed by atoms with Gasteiger partial charge in [0.05, 0.1) is 17.9 Å². The average Bonchev–Trinajstić information content (AvgIpc) is 3.65. The second-order valence-corrected chi connectivity index (χ2v) is 15.2. The summed E-state index contributed by atoms with van der Waals surface area (Å²) in [6, 6.07) is 8.99. The van der Waals surface area contributed by atoms with Crippen molar-refractivity contribution in [1.29, 1.82) is 0 Å². The van der Waals surface area contributed by atoms with E-state index in [0.717, 1.165) is 48.6 Å². The second kappa shape index (κ2) is 9.77. The van der Waals surface area contributed by atoms with Crippen molar-refractivity contribution >= 4 is 40.3 Å². The summed E-state index contributed by atoms with van der Waals surface area (Å²) >= 11 is 3.30. The Morgan fingerprint density at radius 3 is 2.62 bits per heavy atom. The molecule has 8 atom stereocenters. The van der Waals surface area contributed by atoms with Gasteiger partial charge in [0.25, 0.3) is 5.91 Å². The molecule has 7 rings (SSSR count). The van der Waals surface area contributed by atoms with Crippen LogP contribution in [0.1, 0.15) is 83.2 Å². The summed E-state index contributed by atoms with van der Waals surface area (Å²) in [4.78, 5) is 17.7. The van der Waals surface area contributed by atoms with Crippen LogP contribution < -0.4 is 0 Å². The van der Waals surface area contributed by atoms with E-state index in [1.165, 1.54) is 60.0 Å². The van der Waals surface area contributed by atoms with Gasteiger partial charge in [0.2, 0.25) is 0 Å². The molecule has 3 saturated carbocycles. The smallest absolute Gasteiger partial charge is 0.258 e. The molecule has 1 N–H and O–H groups in total. The molecule has 0 bridgehead atoms. The van der Waals surface area contributed by atoms with Gasteiger partial charge in [0.15, 0.2) is 5.17 Å². The van der Waals surface area contributed by atoms with E-state index < -0.39 is 0 Å². The molecule has 1 amide bonds.